The second-order valence-electron chi connectivity index (χ2n) is 8.18. The Hall–Kier alpha value is -3.75. The number of urea groups is 1. The standard InChI is InChI=1S/C25H24F3N3O3/c26-25(27,28)19-8-10-20(11-9-19)29-24(33)31(21-12-13-21)17-23(32)30(16-22-7-4-14-34-22)15-18-5-2-1-3-6-18/h1-11,14,21H,12-13,15-17H2,(H,29,33). The lowest BCUT2D eigenvalue weighted by atomic mass is 10.2. The summed E-state index contributed by atoms with van der Waals surface area (Å²) in [6, 6.07) is 16.6. The zero-order valence-corrected chi connectivity index (χ0v) is 18.3. The van der Waals surface area contributed by atoms with Gasteiger partial charge in [-0.15, -0.1) is 0 Å². The van der Waals surface area contributed by atoms with E-state index in [9.17, 15) is 22.8 Å². The van der Waals surface area contributed by atoms with Crippen LogP contribution in [-0.2, 0) is 24.1 Å². The van der Waals surface area contributed by atoms with Crippen molar-refractivity contribution in [3.8, 4) is 0 Å². The predicted octanol–water partition coefficient (Wildman–Crippen LogP) is 5.52. The van der Waals surface area contributed by atoms with Gasteiger partial charge in [-0.05, 0) is 54.8 Å². The molecule has 178 valence electrons. The number of amides is 3. The average Bonchev–Trinajstić information content (AvgIpc) is 3.52. The third-order valence-electron chi connectivity index (χ3n) is 5.51. The second-order valence-corrected chi connectivity index (χ2v) is 8.18. The molecule has 1 aliphatic rings. The zero-order valence-electron chi connectivity index (χ0n) is 18.3. The van der Waals surface area contributed by atoms with E-state index < -0.39 is 17.8 Å². The normalized spacial score (nSPS) is 13.4. The number of furan rings is 1. The van der Waals surface area contributed by atoms with E-state index >= 15 is 0 Å². The molecule has 3 aromatic rings. The Morgan fingerprint density at radius 3 is 2.24 bits per heavy atom. The number of carbonyl (C=O) groups is 2. The van der Waals surface area contributed by atoms with Crippen molar-refractivity contribution in [3.05, 3.63) is 89.9 Å². The Balaban J connectivity index is 1.45. The van der Waals surface area contributed by atoms with Crippen molar-refractivity contribution in [3.63, 3.8) is 0 Å². The largest absolute Gasteiger partial charge is 0.467 e. The number of hydrogen-bond donors (Lipinski definition) is 1. The first-order valence-electron chi connectivity index (χ1n) is 10.9. The fourth-order valence-corrected chi connectivity index (χ4v) is 3.56. The zero-order chi connectivity index (χ0) is 24.1. The topological polar surface area (TPSA) is 65.8 Å². The molecule has 0 spiro atoms. The summed E-state index contributed by atoms with van der Waals surface area (Å²) in [6.07, 6.45) is -1.38. The first kappa shape index (κ1) is 23.4. The molecule has 0 unspecified atom stereocenters. The number of nitrogens with one attached hydrogen (secondary N) is 1. The second kappa shape index (κ2) is 10.0. The molecule has 1 heterocycles. The molecule has 0 radical (unpaired) electrons. The molecule has 2 aromatic carbocycles. The Bertz CT molecular complexity index is 1100. The average molecular weight is 471 g/mol. The Labute approximate surface area is 195 Å². The number of anilines is 1. The fraction of sp³-hybridized carbons (Fsp3) is 0.280. The lowest BCUT2D eigenvalue weighted by Gasteiger charge is -2.27. The van der Waals surface area contributed by atoms with Gasteiger partial charge in [0.05, 0.1) is 18.4 Å². The maximum absolute atomic E-state index is 13.3. The molecule has 0 saturated heterocycles. The number of hydrogen-bond acceptors (Lipinski definition) is 3. The van der Waals surface area contributed by atoms with Crippen molar-refractivity contribution >= 4 is 17.6 Å². The summed E-state index contributed by atoms with van der Waals surface area (Å²) >= 11 is 0. The van der Waals surface area contributed by atoms with Crippen LogP contribution in [0.4, 0.5) is 23.7 Å². The van der Waals surface area contributed by atoms with E-state index in [4.69, 9.17) is 4.42 Å². The molecule has 9 heteroatoms. The van der Waals surface area contributed by atoms with Crippen LogP contribution >= 0.6 is 0 Å². The fourth-order valence-electron chi connectivity index (χ4n) is 3.56. The van der Waals surface area contributed by atoms with E-state index in [-0.39, 0.29) is 30.7 Å². The lowest BCUT2D eigenvalue weighted by molar-refractivity contribution is -0.137. The first-order valence-corrected chi connectivity index (χ1v) is 10.9. The van der Waals surface area contributed by atoms with Gasteiger partial charge in [0.2, 0.25) is 5.91 Å². The highest BCUT2D eigenvalue weighted by Crippen LogP contribution is 2.31. The highest BCUT2D eigenvalue weighted by molar-refractivity contribution is 5.92. The number of benzene rings is 2. The van der Waals surface area contributed by atoms with Gasteiger partial charge in [-0.25, -0.2) is 4.79 Å². The van der Waals surface area contributed by atoms with Crippen molar-refractivity contribution in [1.29, 1.82) is 0 Å². The van der Waals surface area contributed by atoms with Gasteiger partial charge in [-0.2, -0.15) is 13.2 Å². The monoisotopic (exact) mass is 471 g/mol. The van der Waals surface area contributed by atoms with Crippen LogP contribution in [0.2, 0.25) is 0 Å². The van der Waals surface area contributed by atoms with Crippen molar-refractivity contribution in [1.82, 2.24) is 9.80 Å². The molecule has 1 saturated carbocycles. The molecule has 1 aliphatic carbocycles. The Morgan fingerprint density at radius 1 is 0.941 bits per heavy atom. The van der Waals surface area contributed by atoms with Gasteiger partial charge in [0.1, 0.15) is 12.3 Å². The minimum Gasteiger partial charge on any atom is -0.467 e. The number of nitrogens with zero attached hydrogens (tertiary/aromatic N) is 2. The van der Waals surface area contributed by atoms with Gasteiger partial charge in [0, 0.05) is 18.3 Å². The Kier molecular flexibility index (Phi) is 6.90. The number of halogens is 3. The van der Waals surface area contributed by atoms with Gasteiger partial charge in [-0.3, -0.25) is 4.79 Å². The van der Waals surface area contributed by atoms with E-state index in [1.54, 1.807) is 17.0 Å². The SMILES string of the molecule is O=C(CN(C(=O)Nc1ccc(C(F)(F)F)cc1)C1CC1)N(Cc1ccccc1)Cc1ccco1. The number of carbonyl (C=O) groups excluding carboxylic acids is 2. The number of rotatable bonds is 8. The first-order chi connectivity index (χ1) is 16.3. The maximum atomic E-state index is 13.3. The molecule has 1 N–H and O–H groups in total. The molecule has 0 bridgehead atoms. The summed E-state index contributed by atoms with van der Waals surface area (Å²) in [5.41, 5.74) is 0.372. The van der Waals surface area contributed by atoms with Gasteiger partial charge in [-0.1, -0.05) is 30.3 Å². The molecular formula is C25H24F3N3O3. The van der Waals surface area contributed by atoms with E-state index in [1.807, 2.05) is 30.3 Å². The molecule has 1 fully saturated rings. The summed E-state index contributed by atoms with van der Waals surface area (Å²) in [4.78, 5) is 29.2. The van der Waals surface area contributed by atoms with Crippen molar-refractivity contribution in [2.75, 3.05) is 11.9 Å². The molecule has 3 amide bonds. The molecule has 34 heavy (non-hydrogen) atoms. The van der Waals surface area contributed by atoms with Crippen LogP contribution < -0.4 is 5.32 Å². The van der Waals surface area contributed by atoms with Crippen LogP contribution in [-0.4, -0.2) is 34.3 Å². The minimum absolute atomic E-state index is 0.0828. The summed E-state index contributed by atoms with van der Waals surface area (Å²) < 4.78 is 43.8. The van der Waals surface area contributed by atoms with Crippen LogP contribution in [0.15, 0.2) is 77.4 Å². The lowest BCUT2D eigenvalue weighted by Crippen LogP contribution is -2.45. The molecular weight excluding hydrogens is 447 g/mol. The molecule has 6 nitrogen and oxygen atoms in total. The molecule has 4 rings (SSSR count). The Morgan fingerprint density at radius 2 is 1.65 bits per heavy atom. The van der Waals surface area contributed by atoms with Gasteiger partial charge >= 0.3 is 12.2 Å². The maximum Gasteiger partial charge on any atom is 0.416 e. The van der Waals surface area contributed by atoms with Gasteiger partial charge in [0.25, 0.3) is 0 Å². The minimum atomic E-state index is -4.45. The summed E-state index contributed by atoms with van der Waals surface area (Å²) in [7, 11) is 0. The quantitative estimate of drug-likeness (QED) is 0.470. The van der Waals surface area contributed by atoms with Crippen molar-refractivity contribution in [2.24, 2.45) is 0 Å². The summed E-state index contributed by atoms with van der Waals surface area (Å²) in [5.74, 6) is 0.367. The van der Waals surface area contributed by atoms with Crippen LogP contribution in [0.3, 0.4) is 0 Å². The highest BCUT2D eigenvalue weighted by Gasteiger charge is 2.35. The smallest absolute Gasteiger partial charge is 0.416 e. The highest BCUT2D eigenvalue weighted by atomic mass is 19.4. The molecule has 1 aromatic heterocycles. The van der Waals surface area contributed by atoms with Crippen molar-refractivity contribution in [2.45, 2.75) is 38.1 Å². The molecule has 0 atom stereocenters. The van der Waals surface area contributed by atoms with Crippen LogP contribution in [0.25, 0.3) is 0 Å². The van der Waals surface area contributed by atoms with Gasteiger partial charge < -0.3 is 19.5 Å². The van der Waals surface area contributed by atoms with E-state index in [1.165, 1.54) is 23.3 Å². The summed E-state index contributed by atoms with van der Waals surface area (Å²) in [6.45, 7) is 0.448. The van der Waals surface area contributed by atoms with Crippen LogP contribution in [0, 0.1) is 0 Å². The van der Waals surface area contributed by atoms with Crippen LogP contribution in [0.5, 0.6) is 0 Å². The van der Waals surface area contributed by atoms with E-state index in [0.717, 1.165) is 30.5 Å². The third kappa shape index (κ3) is 6.18. The van der Waals surface area contributed by atoms with E-state index in [2.05, 4.69) is 5.32 Å². The molecule has 0 aliphatic heterocycles. The summed E-state index contributed by atoms with van der Waals surface area (Å²) in [5, 5.41) is 2.61. The van der Waals surface area contributed by atoms with Gasteiger partial charge in [0.15, 0.2) is 0 Å². The predicted molar refractivity (Wildman–Crippen MR) is 120 cm³/mol. The van der Waals surface area contributed by atoms with Crippen molar-refractivity contribution < 1.29 is 27.2 Å². The number of alkyl halides is 3. The third-order valence-corrected chi connectivity index (χ3v) is 5.51. The van der Waals surface area contributed by atoms with E-state index in [0.29, 0.717) is 12.3 Å². The van der Waals surface area contributed by atoms with Crippen LogP contribution in [0.1, 0.15) is 29.7 Å².